The van der Waals surface area contributed by atoms with Crippen LogP contribution >= 0.6 is 0 Å². The lowest BCUT2D eigenvalue weighted by Crippen LogP contribution is -2.28. The topological polar surface area (TPSA) is 29.5 Å². The van der Waals surface area contributed by atoms with E-state index in [1.165, 1.54) is 0 Å². The summed E-state index contributed by atoms with van der Waals surface area (Å²) in [6.07, 6.45) is 0.338. The number of aliphatic hydroxyl groups excluding tert-OH is 1. The van der Waals surface area contributed by atoms with Gasteiger partial charge in [0.25, 0.3) is 0 Å². The molecular formula is C13H20O2. The average Bonchev–Trinajstić information content (AvgIpc) is 2.16. The van der Waals surface area contributed by atoms with Crippen molar-refractivity contribution in [3.05, 3.63) is 29.8 Å². The van der Waals surface area contributed by atoms with Crippen LogP contribution in [0.15, 0.2) is 24.3 Å². The van der Waals surface area contributed by atoms with Crippen LogP contribution < -0.4 is 4.74 Å². The Morgan fingerprint density at radius 3 is 2.53 bits per heavy atom. The average molecular weight is 208 g/mol. The molecule has 0 saturated carbocycles. The van der Waals surface area contributed by atoms with E-state index in [2.05, 4.69) is 0 Å². The zero-order chi connectivity index (χ0) is 11.5. The molecule has 0 fully saturated rings. The molecule has 1 aromatic rings. The molecule has 84 valence electrons. The molecule has 0 heterocycles. The summed E-state index contributed by atoms with van der Waals surface area (Å²) in [5.41, 5.74) is 1.03. The molecule has 0 radical (unpaired) electrons. The van der Waals surface area contributed by atoms with Crippen LogP contribution in [-0.4, -0.2) is 18.3 Å². The molecule has 0 spiro atoms. The Balaban J connectivity index is 2.72. The second kappa shape index (κ2) is 4.67. The van der Waals surface area contributed by atoms with E-state index in [0.717, 1.165) is 11.3 Å². The molecule has 1 unspecified atom stereocenters. The molecule has 2 heteroatoms. The van der Waals surface area contributed by atoms with Gasteiger partial charge in [0.15, 0.2) is 0 Å². The van der Waals surface area contributed by atoms with Crippen molar-refractivity contribution < 1.29 is 9.84 Å². The van der Waals surface area contributed by atoms with Gasteiger partial charge in [-0.15, -0.1) is 0 Å². The lowest BCUT2D eigenvalue weighted by Gasteiger charge is -2.25. The van der Waals surface area contributed by atoms with E-state index in [4.69, 9.17) is 4.74 Å². The summed E-state index contributed by atoms with van der Waals surface area (Å²) < 4.78 is 5.14. The van der Waals surface area contributed by atoms with Crippen molar-refractivity contribution in [1.29, 1.82) is 0 Å². The zero-order valence-corrected chi connectivity index (χ0v) is 9.95. The minimum atomic E-state index is -0.329. The lowest BCUT2D eigenvalue weighted by atomic mass is 9.85. The molecule has 2 nitrogen and oxygen atoms in total. The minimum Gasteiger partial charge on any atom is -0.497 e. The van der Waals surface area contributed by atoms with Gasteiger partial charge in [0.2, 0.25) is 0 Å². The van der Waals surface area contributed by atoms with Crippen molar-refractivity contribution in [2.24, 2.45) is 5.41 Å². The van der Waals surface area contributed by atoms with Crippen LogP contribution in [0.5, 0.6) is 5.75 Å². The molecule has 0 bridgehead atoms. The fourth-order valence-corrected chi connectivity index (χ4v) is 1.33. The standard InChI is InChI=1S/C13H20O2/c1-13(2,3)12(14)9-10-6-5-7-11(8-10)15-4/h5-8,12,14H,9H2,1-4H3. The first kappa shape index (κ1) is 12.1. The van der Waals surface area contributed by atoms with E-state index < -0.39 is 0 Å². The number of hydrogen-bond donors (Lipinski definition) is 1. The number of rotatable bonds is 3. The van der Waals surface area contributed by atoms with Crippen LogP contribution in [0.2, 0.25) is 0 Å². The maximum absolute atomic E-state index is 9.96. The molecular weight excluding hydrogens is 188 g/mol. The molecule has 1 atom stereocenters. The number of methoxy groups -OCH3 is 1. The normalized spacial score (nSPS) is 13.7. The van der Waals surface area contributed by atoms with Gasteiger partial charge in [0.1, 0.15) is 5.75 Å². The number of benzene rings is 1. The first-order valence-electron chi connectivity index (χ1n) is 5.24. The first-order valence-corrected chi connectivity index (χ1v) is 5.24. The third-order valence-electron chi connectivity index (χ3n) is 2.56. The fraction of sp³-hybridized carbons (Fsp3) is 0.538. The monoisotopic (exact) mass is 208 g/mol. The number of ether oxygens (including phenoxy) is 1. The Labute approximate surface area is 91.9 Å². The molecule has 0 saturated heterocycles. The summed E-state index contributed by atoms with van der Waals surface area (Å²) >= 11 is 0. The van der Waals surface area contributed by atoms with E-state index in [0.29, 0.717) is 6.42 Å². The van der Waals surface area contributed by atoms with E-state index >= 15 is 0 Å². The van der Waals surface area contributed by atoms with Gasteiger partial charge in [0, 0.05) is 0 Å². The van der Waals surface area contributed by atoms with Gasteiger partial charge < -0.3 is 9.84 Å². The Morgan fingerprint density at radius 1 is 1.33 bits per heavy atom. The van der Waals surface area contributed by atoms with Gasteiger partial charge in [-0.1, -0.05) is 32.9 Å². The van der Waals surface area contributed by atoms with Crippen molar-refractivity contribution in [2.45, 2.75) is 33.3 Å². The molecule has 0 aliphatic carbocycles. The van der Waals surface area contributed by atoms with Crippen LogP contribution in [0.1, 0.15) is 26.3 Å². The first-order chi connectivity index (χ1) is 6.93. The third-order valence-corrected chi connectivity index (χ3v) is 2.56. The fourth-order valence-electron chi connectivity index (χ4n) is 1.33. The number of hydrogen-bond acceptors (Lipinski definition) is 2. The summed E-state index contributed by atoms with van der Waals surface area (Å²) in [5, 5.41) is 9.96. The molecule has 1 aromatic carbocycles. The van der Waals surface area contributed by atoms with E-state index in [1.54, 1.807) is 7.11 Å². The van der Waals surface area contributed by atoms with Gasteiger partial charge in [0.05, 0.1) is 13.2 Å². The summed E-state index contributed by atoms with van der Waals surface area (Å²) in [6.45, 7) is 6.12. The van der Waals surface area contributed by atoms with Gasteiger partial charge in [-0.2, -0.15) is 0 Å². The predicted octanol–water partition coefficient (Wildman–Crippen LogP) is 2.64. The second-order valence-electron chi connectivity index (χ2n) is 4.94. The van der Waals surface area contributed by atoms with Crippen molar-refractivity contribution >= 4 is 0 Å². The lowest BCUT2D eigenvalue weighted by molar-refractivity contribution is 0.0636. The maximum Gasteiger partial charge on any atom is 0.119 e. The van der Waals surface area contributed by atoms with Crippen molar-refractivity contribution in [2.75, 3.05) is 7.11 Å². The molecule has 0 aliphatic heterocycles. The Bertz CT molecular complexity index is 313. The summed E-state index contributed by atoms with van der Waals surface area (Å²) in [7, 11) is 1.65. The molecule has 1 N–H and O–H groups in total. The highest BCUT2D eigenvalue weighted by molar-refractivity contribution is 5.28. The van der Waals surface area contributed by atoms with Gasteiger partial charge in [-0.3, -0.25) is 0 Å². The van der Waals surface area contributed by atoms with Crippen LogP contribution in [0.3, 0.4) is 0 Å². The molecule has 1 rings (SSSR count). The van der Waals surface area contributed by atoms with E-state index in [1.807, 2.05) is 45.0 Å². The number of aliphatic hydroxyl groups is 1. The Hall–Kier alpha value is -1.02. The minimum absolute atomic E-state index is 0.0803. The van der Waals surface area contributed by atoms with Gasteiger partial charge in [-0.25, -0.2) is 0 Å². The molecule has 0 amide bonds. The smallest absolute Gasteiger partial charge is 0.119 e. The SMILES string of the molecule is COc1cccc(CC(O)C(C)(C)C)c1. The van der Waals surface area contributed by atoms with E-state index in [9.17, 15) is 5.11 Å². The Kier molecular flexibility index (Phi) is 3.75. The van der Waals surface area contributed by atoms with Crippen LogP contribution in [0.25, 0.3) is 0 Å². The highest BCUT2D eigenvalue weighted by atomic mass is 16.5. The second-order valence-corrected chi connectivity index (χ2v) is 4.94. The highest BCUT2D eigenvalue weighted by Crippen LogP contribution is 2.23. The predicted molar refractivity (Wildman–Crippen MR) is 62.2 cm³/mol. The molecule has 0 aliphatic rings. The van der Waals surface area contributed by atoms with Crippen LogP contribution in [0.4, 0.5) is 0 Å². The molecule has 15 heavy (non-hydrogen) atoms. The highest BCUT2D eigenvalue weighted by Gasteiger charge is 2.22. The molecule has 0 aromatic heterocycles. The van der Waals surface area contributed by atoms with Gasteiger partial charge >= 0.3 is 0 Å². The van der Waals surface area contributed by atoms with Gasteiger partial charge in [-0.05, 0) is 29.5 Å². The summed E-state index contributed by atoms with van der Waals surface area (Å²) in [4.78, 5) is 0. The largest absolute Gasteiger partial charge is 0.497 e. The van der Waals surface area contributed by atoms with E-state index in [-0.39, 0.29) is 11.5 Å². The quantitative estimate of drug-likeness (QED) is 0.827. The third kappa shape index (κ3) is 3.56. The summed E-state index contributed by atoms with van der Waals surface area (Å²) in [6, 6.07) is 7.84. The van der Waals surface area contributed by atoms with Crippen molar-refractivity contribution in [3.8, 4) is 5.75 Å². The maximum atomic E-state index is 9.96. The summed E-state index contributed by atoms with van der Waals surface area (Å²) in [5.74, 6) is 0.841. The van der Waals surface area contributed by atoms with Crippen LogP contribution in [0, 0.1) is 5.41 Å². The van der Waals surface area contributed by atoms with Crippen molar-refractivity contribution in [1.82, 2.24) is 0 Å². The Morgan fingerprint density at radius 2 is 2.00 bits per heavy atom. The van der Waals surface area contributed by atoms with Crippen LogP contribution in [-0.2, 0) is 6.42 Å². The zero-order valence-electron chi connectivity index (χ0n) is 9.95. The van der Waals surface area contributed by atoms with Crippen molar-refractivity contribution in [3.63, 3.8) is 0 Å².